The van der Waals surface area contributed by atoms with E-state index in [1.807, 2.05) is 0 Å². The molecule has 1 amide bonds. The molecule has 6 nitrogen and oxygen atoms in total. The van der Waals surface area contributed by atoms with Gasteiger partial charge in [-0.25, -0.2) is 13.1 Å². The lowest BCUT2D eigenvalue weighted by Gasteiger charge is -2.28. The lowest BCUT2D eigenvalue weighted by molar-refractivity contribution is -0.115. The molecule has 0 radical (unpaired) electrons. The molecule has 4 N–H and O–H groups in total. The van der Waals surface area contributed by atoms with Crippen LogP contribution in [0.15, 0.2) is 23.1 Å². The van der Waals surface area contributed by atoms with E-state index in [1.165, 1.54) is 6.07 Å². The number of hydrogen-bond acceptors (Lipinski definition) is 4. The summed E-state index contributed by atoms with van der Waals surface area (Å²) >= 11 is 0. The molecule has 21 heavy (non-hydrogen) atoms. The number of nitrogens with two attached hydrogens (primary N) is 1. The number of benzene rings is 1. The Morgan fingerprint density at radius 3 is 2.67 bits per heavy atom. The quantitative estimate of drug-likeness (QED) is 0.763. The van der Waals surface area contributed by atoms with Gasteiger partial charge < -0.3 is 11.1 Å². The summed E-state index contributed by atoms with van der Waals surface area (Å²) in [4.78, 5) is 11.5. The van der Waals surface area contributed by atoms with Crippen LogP contribution in [-0.4, -0.2) is 26.4 Å². The van der Waals surface area contributed by atoms with Crippen molar-refractivity contribution in [1.82, 2.24) is 4.72 Å². The first-order valence-electron chi connectivity index (χ1n) is 7.11. The number of sulfonamides is 1. The molecule has 0 spiro atoms. The summed E-state index contributed by atoms with van der Waals surface area (Å²) in [5.74, 6) is -0.110. The maximum absolute atomic E-state index is 12.6. The Balaban J connectivity index is 1.89. The van der Waals surface area contributed by atoms with Crippen molar-refractivity contribution in [2.45, 2.75) is 42.5 Å². The fourth-order valence-corrected chi connectivity index (χ4v) is 4.64. The fraction of sp³-hybridized carbons (Fsp3) is 0.500. The molecular formula is C14H19N3O3S. The maximum Gasteiger partial charge on any atom is 0.241 e. The highest BCUT2D eigenvalue weighted by Crippen LogP contribution is 2.31. The molecular weight excluding hydrogens is 290 g/mol. The van der Waals surface area contributed by atoms with Crippen molar-refractivity contribution in [3.05, 3.63) is 23.8 Å². The Kier molecular flexibility index (Phi) is 3.51. The molecule has 114 valence electrons. The van der Waals surface area contributed by atoms with Crippen LogP contribution < -0.4 is 15.8 Å². The number of nitrogens with one attached hydrogen (secondary N) is 2. The van der Waals surface area contributed by atoms with Gasteiger partial charge in [-0.1, -0.05) is 12.8 Å². The first-order chi connectivity index (χ1) is 9.94. The predicted octanol–water partition coefficient (Wildman–Crippen LogP) is 0.731. The summed E-state index contributed by atoms with van der Waals surface area (Å²) in [6.07, 6.45) is 3.74. The molecule has 0 saturated heterocycles. The minimum atomic E-state index is -3.62. The maximum atomic E-state index is 12.6. The highest BCUT2D eigenvalue weighted by molar-refractivity contribution is 7.89. The molecule has 1 heterocycles. The molecule has 1 aromatic carbocycles. The molecule has 0 bridgehead atoms. The van der Waals surface area contributed by atoms with Gasteiger partial charge in [-0.05, 0) is 36.6 Å². The molecule has 0 aromatic heterocycles. The second kappa shape index (κ2) is 5.08. The molecule has 3 rings (SSSR count). The van der Waals surface area contributed by atoms with Crippen LogP contribution in [0.2, 0.25) is 0 Å². The van der Waals surface area contributed by atoms with Crippen molar-refractivity contribution >= 4 is 21.6 Å². The molecule has 1 aliphatic heterocycles. The number of carbonyl (C=O) groups excluding carboxylic acids is 1. The van der Waals surface area contributed by atoms with Crippen molar-refractivity contribution < 1.29 is 13.2 Å². The lowest BCUT2D eigenvalue weighted by Crippen LogP contribution is -2.51. The number of amides is 1. The number of fused-ring (bicyclic) bond motifs is 1. The average molecular weight is 309 g/mol. The van der Waals surface area contributed by atoms with Gasteiger partial charge in [0.25, 0.3) is 0 Å². The topological polar surface area (TPSA) is 101 Å². The van der Waals surface area contributed by atoms with E-state index in [2.05, 4.69) is 10.0 Å². The summed E-state index contributed by atoms with van der Waals surface area (Å²) in [5.41, 5.74) is 6.67. The van der Waals surface area contributed by atoms with Gasteiger partial charge in [0.2, 0.25) is 15.9 Å². The zero-order valence-electron chi connectivity index (χ0n) is 11.7. The zero-order valence-corrected chi connectivity index (χ0v) is 12.5. The third-order valence-corrected chi connectivity index (χ3v) is 5.89. The van der Waals surface area contributed by atoms with Crippen LogP contribution >= 0.6 is 0 Å². The minimum absolute atomic E-state index is 0.110. The van der Waals surface area contributed by atoms with Gasteiger partial charge >= 0.3 is 0 Å². The normalized spacial score (nSPS) is 20.3. The van der Waals surface area contributed by atoms with Gasteiger partial charge in [0.1, 0.15) is 0 Å². The molecule has 0 unspecified atom stereocenters. The second-order valence-electron chi connectivity index (χ2n) is 5.84. The van der Waals surface area contributed by atoms with Crippen LogP contribution in [0, 0.1) is 0 Å². The Hall–Kier alpha value is -1.44. The molecule has 7 heteroatoms. The van der Waals surface area contributed by atoms with Gasteiger partial charge in [0.15, 0.2) is 0 Å². The summed E-state index contributed by atoms with van der Waals surface area (Å²) in [6, 6.07) is 4.72. The van der Waals surface area contributed by atoms with Crippen molar-refractivity contribution in [2.24, 2.45) is 5.73 Å². The van der Waals surface area contributed by atoms with Gasteiger partial charge in [-0.3, -0.25) is 4.79 Å². The number of anilines is 1. The van der Waals surface area contributed by atoms with Crippen LogP contribution in [0.5, 0.6) is 0 Å². The summed E-state index contributed by atoms with van der Waals surface area (Å²) in [7, 11) is -3.62. The second-order valence-corrected chi connectivity index (χ2v) is 7.52. The van der Waals surface area contributed by atoms with Crippen LogP contribution in [0.4, 0.5) is 5.69 Å². The van der Waals surface area contributed by atoms with E-state index in [0.717, 1.165) is 31.2 Å². The molecule has 1 fully saturated rings. The van der Waals surface area contributed by atoms with Gasteiger partial charge in [0, 0.05) is 17.8 Å². The van der Waals surface area contributed by atoms with Crippen LogP contribution in [0.1, 0.15) is 31.2 Å². The smallest absolute Gasteiger partial charge is 0.241 e. The molecule has 1 saturated carbocycles. The number of carbonyl (C=O) groups is 1. The van der Waals surface area contributed by atoms with Crippen LogP contribution in [0.25, 0.3) is 0 Å². The number of rotatable bonds is 4. The fourth-order valence-electron chi connectivity index (χ4n) is 3.12. The Bertz CT molecular complexity index is 679. The summed E-state index contributed by atoms with van der Waals surface area (Å²) in [5, 5.41) is 2.69. The van der Waals surface area contributed by atoms with Gasteiger partial charge in [0.05, 0.1) is 11.3 Å². The summed E-state index contributed by atoms with van der Waals surface area (Å²) in [6.45, 7) is 0.303. The molecule has 1 aromatic rings. The van der Waals surface area contributed by atoms with E-state index in [1.54, 1.807) is 12.1 Å². The summed E-state index contributed by atoms with van der Waals surface area (Å²) < 4.78 is 27.9. The number of hydrogen-bond donors (Lipinski definition) is 3. The molecule has 2 aliphatic rings. The van der Waals surface area contributed by atoms with Crippen LogP contribution in [0.3, 0.4) is 0 Å². The predicted molar refractivity (Wildman–Crippen MR) is 79.4 cm³/mol. The van der Waals surface area contributed by atoms with Crippen molar-refractivity contribution in [1.29, 1.82) is 0 Å². The zero-order chi connectivity index (χ0) is 15.1. The van der Waals surface area contributed by atoms with E-state index in [-0.39, 0.29) is 17.2 Å². The molecule has 0 atom stereocenters. The Morgan fingerprint density at radius 1 is 1.29 bits per heavy atom. The van der Waals surface area contributed by atoms with E-state index < -0.39 is 15.6 Å². The van der Waals surface area contributed by atoms with Crippen molar-refractivity contribution in [2.75, 3.05) is 11.9 Å². The van der Waals surface area contributed by atoms with E-state index >= 15 is 0 Å². The Labute approximate surface area is 124 Å². The highest BCUT2D eigenvalue weighted by atomic mass is 32.2. The van der Waals surface area contributed by atoms with E-state index in [4.69, 9.17) is 5.73 Å². The van der Waals surface area contributed by atoms with E-state index in [0.29, 0.717) is 12.2 Å². The highest BCUT2D eigenvalue weighted by Gasteiger charge is 2.37. The first-order valence-corrected chi connectivity index (χ1v) is 8.59. The lowest BCUT2D eigenvalue weighted by atomic mass is 10.0. The Morgan fingerprint density at radius 2 is 2.00 bits per heavy atom. The molecule has 1 aliphatic carbocycles. The van der Waals surface area contributed by atoms with Crippen molar-refractivity contribution in [3.8, 4) is 0 Å². The largest absolute Gasteiger partial charge is 0.329 e. The van der Waals surface area contributed by atoms with Crippen LogP contribution in [-0.2, 0) is 21.2 Å². The minimum Gasteiger partial charge on any atom is -0.329 e. The monoisotopic (exact) mass is 309 g/mol. The third kappa shape index (κ3) is 2.68. The van der Waals surface area contributed by atoms with Gasteiger partial charge in [-0.15, -0.1) is 0 Å². The standard InChI is InChI=1S/C14H19N3O3S/c15-9-14(5-1-2-6-14)17-21(19,20)11-3-4-12-10(7-11)8-13(18)16-12/h3-4,7,17H,1-2,5-6,8-9,15H2,(H,16,18). The van der Waals surface area contributed by atoms with E-state index in [9.17, 15) is 13.2 Å². The SMILES string of the molecule is NCC1(NS(=O)(=O)c2ccc3c(c2)CC(=O)N3)CCCC1. The first kappa shape index (κ1) is 14.5. The van der Waals surface area contributed by atoms with Crippen molar-refractivity contribution in [3.63, 3.8) is 0 Å². The van der Waals surface area contributed by atoms with Gasteiger partial charge in [-0.2, -0.15) is 0 Å². The average Bonchev–Trinajstić information content (AvgIpc) is 3.03. The third-order valence-electron chi connectivity index (χ3n) is 4.31.